The van der Waals surface area contributed by atoms with Crippen molar-refractivity contribution in [2.45, 2.75) is 97.3 Å². The highest BCUT2D eigenvalue weighted by molar-refractivity contribution is 5.86. The molecule has 0 aliphatic carbocycles. The molecule has 0 saturated carbocycles. The quantitative estimate of drug-likeness (QED) is 0.208. The molecule has 0 aliphatic heterocycles. The summed E-state index contributed by atoms with van der Waals surface area (Å²) in [5.41, 5.74) is 0.394. The predicted molar refractivity (Wildman–Crippen MR) is 96.2 cm³/mol. The number of aliphatic carboxylic acids is 1. The predicted octanol–water partition coefficient (Wildman–Crippen LogP) is 6.66. The SMILES string of the molecule is CCCCCCCCCCCCCC/C=C/C=C(\C)C(=O)O. The van der Waals surface area contributed by atoms with Gasteiger partial charge in [-0.25, -0.2) is 4.79 Å². The molecule has 0 fully saturated rings. The van der Waals surface area contributed by atoms with Crippen molar-refractivity contribution in [3.05, 3.63) is 23.8 Å². The van der Waals surface area contributed by atoms with Gasteiger partial charge in [-0.1, -0.05) is 95.8 Å². The molecule has 0 aromatic carbocycles. The van der Waals surface area contributed by atoms with Crippen LogP contribution >= 0.6 is 0 Å². The third kappa shape index (κ3) is 15.3. The maximum atomic E-state index is 10.6. The van der Waals surface area contributed by atoms with Gasteiger partial charge in [0.25, 0.3) is 0 Å². The van der Waals surface area contributed by atoms with Crippen LogP contribution in [0.15, 0.2) is 23.8 Å². The summed E-state index contributed by atoms with van der Waals surface area (Å²) >= 11 is 0. The first kappa shape index (κ1) is 20.9. The van der Waals surface area contributed by atoms with Crippen molar-refractivity contribution in [2.24, 2.45) is 0 Å². The van der Waals surface area contributed by atoms with Gasteiger partial charge in [0, 0.05) is 5.57 Å². The molecule has 2 nitrogen and oxygen atoms in total. The lowest BCUT2D eigenvalue weighted by Gasteiger charge is -2.02. The van der Waals surface area contributed by atoms with Gasteiger partial charge < -0.3 is 5.11 Å². The largest absolute Gasteiger partial charge is 0.478 e. The van der Waals surface area contributed by atoms with Crippen molar-refractivity contribution >= 4 is 5.97 Å². The van der Waals surface area contributed by atoms with E-state index in [9.17, 15) is 4.79 Å². The Balaban J connectivity index is 3.22. The summed E-state index contributed by atoms with van der Waals surface area (Å²) in [7, 11) is 0. The van der Waals surface area contributed by atoms with Crippen molar-refractivity contribution < 1.29 is 9.90 Å². The van der Waals surface area contributed by atoms with E-state index < -0.39 is 5.97 Å². The Labute approximate surface area is 137 Å². The van der Waals surface area contributed by atoms with E-state index in [0.29, 0.717) is 5.57 Å². The first-order valence-electron chi connectivity index (χ1n) is 9.25. The van der Waals surface area contributed by atoms with Gasteiger partial charge in [0.05, 0.1) is 0 Å². The average molecular weight is 309 g/mol. The van der Waals surface area contributed by atoms with Crippen molar-refractivity contribution in [3.8, 4) is 0 Å². The van der Waals surface area contributed by atoms with Crippen LogP contribution in [0.3, 0.4) is 0 Å². The van der Waals surface area contributed by atoms with Crippen molar-refractivity contribution in [1.82, 2.24) is 0 Å². The molecule has 0 heterocycles. The van der Waals surface area contributed by atoms with E-state index >= 15 is 0 Å². The molecule has 0 aliphatic rings. The standard InChI is InChI=1S/C20H36O2/c1-3-4-5-6-7-8-9-10-11-12-13-14-15-16-17-18-19(2)20(21)22/h16-18H,3-15H2,1-2H3,(H,21,22)/b17-16+,19-18+. The molecule has 1 N–H and O–H groups in total. The van der Waals surface area contributed by atoms with Crippen LogP contribution in [0.2, 0.25) is 0 Å². The zero-order valence-electron chi connectivity index (χ0n) is 14.8. The third-order valence-electron chi connectivity index (χ3n) is 4.04. The molecule has 0 aromatic rings. The summed E-state index contributed by atoms with van der Waals surface area (Å²) in [5.74, 6) is -0.838. The fraction of sp³-hybridized carbons (Fsp3) is 0.750. The number of hydrogen-bond donors (Lipinski definition) is 1. The normalized spacial score (nSPS) is 12.2. The molecule has 0 bridgehead atoms. The molecule has 0 amide bonds. The van der Waals surface area contributed by atoms with Crippen LogP contribution in [0, 0.1) is 0 Å². The fourth-order valence-corrected chi connectivity index (χ4v) is 2.48. The Bertz CT molecular complexity index is 316. The number of hydrogen-bond acceptors (Lipinski definition) is 1. The fourth-order valence-electron chi connectivity index (χ4n) is 2.48. The average Bonchev–Trinajstić information content (AvgIpc) is 2.50. The Hall–Kier alpha value is -1.05. The van der Waals surface area contributed by atoms with E-state index in [1.54, 1.807) is 13.0 Å². The number of carboxylic acids is 1. The molecule has 0 atom stereocenters. The van der Waals surface area contributed by atoms with Gasteiger partial charge in [0.15, 0.2) is 0 Å². The van der Waals surface area contributed by atoms with Crippen molar-refractivity contribution in [1.29, 1.82) is 0 Å². The number of carboxylic acid groups (broad SMARTS) is 1. The van der Waals surface area contributed by atoms with Crippen LogP contribution in [0.4, 0.5) is 0 Å². The summed E-state index contributed by atoms with van der Waals surface area (Å²) in [5, 5.41) is 8.70. The summed E-state index contributed by atoms with van der Waals surface area (Å²) in [6, 6.07) is 0. The first-order chi connectivity index (χ1) is 10.7. The second-order valence-electron chi connectivity index (χ2n) is 6.26. The lowest BCUT2D eigenvalue weighted by atomic mass is 10.0. The second kappa shape index (κ2) is 16.3. The molecular formula is C20H36O2. The maximum absolute atomic E-state index is 10.6. The first-order valence-corrected chi connectivity index (χ1v) is 9.25. The van der Waals surface area contributed by atoms with E-state index in [4.69, 9.17) is 5.11 Å². The number of allylic oxidation sites excluding steroid dienone is 3. The number of unbranched alkanes of at least 4 members (excludes halogenated alkanes) is 12. The van der Waals surface area contributed by atoms with Crippen LogP contribution in [0.5, 0.6) is 0 Å². The highest BCUT2D eigenvalue weighted by Crippen LogP contribution is 2.12. The van der Waals surface area contributed by atoms with E-state index in [1.165, 1.54) is 77.0 Å². The van der Waals surface area contributed by atoms with Gasteiger partial charge in [-0.15, -0.1) is 0 Å². The Kier molecular flexibility index (Phi) is 15.5. The molecule has 0 rings (SSSR count). The Morgan fingerprint density at radius 1 is 0.818 bits per heavy atom. The van der Waals surface area contributed by atoms with Crippen LogP contribution in [-0.2, 0) is 4.79 Å². The molecule has 0 unspecified atom stereocenters. The van der Waals surface area contributed by atoms with Crippen molar-refractivity contribution in [2.75, 3.05) is 0 Å². The summed E-state index contributed by atoms with van der Waals surface area (Å²) in [6.45, 7) is 3.89. The number of carbonyl (C=O) groups is 1. The maximum Gasteiger partial charge on any atom is 0.331 e. The second-order valence-corrected chi connectivity index (χ2v) is 6.26. The minimum Gasteiger partial charge on any atom is -0.478 e. The molecule has 0 radical (unpaired) electrons. The minimum absolute atomic E-state index is 0.394. The van der Waals surface area contributed by atoms with E-state index in [2.05, 4.69) is 13.0 Å². The summed E-state index contributed by atoms with van der Waals surface area (Å²) in [6.07, 6.45) is 23.1. The zero-order chi connectivity index (χ0) is 16.5. The van der Waals surface area contributed by atoms with Crippen molar-refractivity contribution in [3.63, 3.8) is 0 Å². The molecule has 128 valence electrons. The van der Waals surface area contributed by atoms with Gasteiger partial charge in [0.1, 0.15) is 0 Å². The third-order valence-corrected chi connectivity index (χ3v) is 4.04. The smallest absolute Gasteiger partial charge is 0.331 e. The van der Waals surface area contributed by atoms with Gasteiger partial charge in [-0.05, 0) is 19.8 Å². The monoisotopic (exact) mass is 308 g/mol. The van der Waals surface area contributed by atoms with Crippen LogP contribution < -0.4 is 0 Å². The van der Waals surface area contributed by atoms with Crippen LogP contribution in [0.25, 0.3) is 0 Å². The Morgan fingerprint density at radius 3 is 1.73 bits per heavy atom. The number of rotatable bonds is 15. The van der Waals surface area contributed by atoms with Gasteiger partial charge in [0.2, 0.25) is 0 Å². The molecule has 22 heavy (non-hydrogen) atoms. The summed E-state index contributed by atoms with van der Waals surface area (Å²) < 4.78 is 0. The highest BCUT2D eigenvalue weighted by atomic mass is 16.4. The van der Waals surface area contributed by atoms with E-state index in [-0.39, 0.29) is 0 Å². The molecular weight excluding hydrogens is 272 g/mol. The highest BCUT2D eigenvalue weighted by Gasteiger charge is 1.95. The van der Waals surface area contributed by atoms with E-state index in [0.717, 1.165) is 6.42 Å². The van der Waals surface area contributed by atoms with E-state index in [1.807, 2.05) is 6.08 Å². The van der Waals surface area contributed by atoms with Gasteiger partial charge >= 0.3 is 5.97 Å². The zero-order valence-corrected chi connectivity index (χ0v) is 14.8. The van der Waals surface area contributed by atoms with Gasteiger partial charge in [-0.2, -0.15) is 0 Å². The molecule has 2 heteroatoms. The minimum atomic E-state index is -0.838. The molecule has 0 saturated heterocycles. The topological polar surface area (TPSA) is 37.3 Å². The Morgan fingerprint density at radius 2 is 1.27 bits per heavy atom. The molecule has 0 aromatic heterocycles. The lowest BCUT2D eigenvalue weighted by Crippen LogP contribution is -1.94. The molecule has 0 spiro atoms. The van der Waals surface area contributed by atoms with Crippen LogP contribution in [0.1, 0.15) is 97.3 Å². The lowest BCUT2D eigenvalue weighted by molar-refractivity contribution is -0.132. The van der Waals surface area contributed by atoms with Crippen LogP contribution in [-0.4, -0.2) is 11.1 Å². The summed E-state index contributed by atoms with van der Waals surface area (Å²) in [4.78, 5) is 10.6. The van der Waals surface area contributed by atoms with Gasteiger partial charge in [-0.3, -0.25) is 0 Å².